The Labute approximate surface area is 122 Å². The molecule has 1 aromatic carbocycles. The van der Waals surface area contributed by atoms with Crippen LogP contribution in [0.25, 0.3) is 0 Å². The van der Waals surface area contributed by atoms with E-state index in [-0.39, 0.29) is 23.9 Å². The number of benzene rings is 1. The monoisotopic (exact) mass is 317 g/mol. The predicted octanol–water partition coefficient (Wildman–Crippen LogP) is 0.309. The van der Waals surface area contributed by atoms with Crippen LogP contribution in [0.5, 0.6) is 0 Å². The number of nitrogens with two attached hydrogens (primary N) is 1. The van der Waals surface area contributed by atoms with Gasteiger partial charge in [-0.05, 0) is 24.1 Å². The van der Waals surface area contributed by atoms with Crippen LogP contribution in [0.15, 0.2) is 23.1 Å². The number of carbonyl (C=O) groups is 1. The molecule has 20 heavy (non-hydrogen) atoms. The summed E-state index contributed by atoms with van der Waals surface area (Å²) in [6, 6.07) is 4.43. The van der Waals surface area contributed by atoms with Crippen LogP contribution in [0.3, 0.4) is 0 Å². The normalized spacial score (nSPS) is 17.6. The number of nitrogens with zero attached hydrogens (tertiary/aromatic N) is 1. The Bertz CT molecular complexity index is 618. The molecule has 1 aliphatic heterocycles. The van der Waals surface area contributed by atoms with Crippen LogP contribution < -0.4 is 11.1 Å². The SMILES string of the molecule is NCc1ccc(S(=O)(=O)N2CCCNC(=O)C2)cc1Cl. The van der Waals surface area contributed by atoms with Crippen LogP contribution in [0.4, 0.5) is 0 Å². The fourth-order valence-electron chi connectivity index (χ4n) is 1.99. The lowest BCUT2D eigenvalue weighted by atomic mass is 10.2. The summed E-state index contributed by atoms with van der Waals surface area (Å²) >= 11 is 5.99. The van der Waals surface area contributed by atoms with Crippen LogP contribution in [-0.4, -0.2) is 38.3 Å². The van der Waals surface area contributed by atoms with Gasteiger partial charge in [-0.1, -0.05) is 17.7 Å². The molecule has 2 rings (SSSR count). The van der Waals surface area contributed by atoms with E-state index in [2.05, 4.69) is 5.32 Å². The third-order valence-corrected chi connectivity index (χ3v) is 5.30. The van der Waals surface area contributed by atoms with Gasteiger partial charge >= 0.3 is 0 Å². The summed E-state index contributed by atoms with van der Waals surface area (Å²) in [6.07, 6.45) is 0.583. The van der Waals surface area contributed by atoms with Crippen LogP contribution in [-0.2, 0) is 21.4 Å². The van der Waals surface area contributed by atoms with Gasteiger partial charge in [0.1, 0.15) is 0 Å². The number of hydrogen-bond acceptors (Lipinski definition) is 4. The summed E-state index contributed by atoms with van der Waals surface area (Å²) in [6.45, 7) is 0.860. The minimum absolute atomic E-state index is 0.0781. The van der Waals surface area contributed by atoms with Crippen molar-refractivity contribution >= 4 is 27.5 Å². The standard InChI is InChI=1S/C12H16ClN3O3S/c13-11-6-10(3-2-9(11)7-14)20(18,19)16-5-1-4-15-12(17)8-16/h2-3,6H,1,4-5,7-8,14H2,(H,15,17). The van der Waals surface area contributed by atoms with Gasteiger partial charge in [0, 0.05) is 24.7 Å². The number of rotatable bonds is 3. The van der Waals surface area contributed by atoms with Gasteiger partial charge in [0.25, 0.3) is 0 Å². The molecule has 1 fully saturated rings. The van der Waals surface area contributed by atoms with Crippen molar-refractivity contribution in [1.82, 2.24) is 9.62 Å². The van der Waals surface area contributed by atoms with Crippen LogP contribution >= 0.6 is 11.6 Å². The van der Waals surface area contributed by atoms with Crippen molar-refractivity contribution in [2.75, 3.05) is 19.6 Å². The number of sulfonamides is 1. The quantitative estimate of drug-likeness (QED) is 0.839. The highest BCUT2D eigenvalue weighted by Gasteiger charge is 2.28. The highest BCUT2D eigenvalue weighted by atomic mass is 35.5. The number of carbonyl (C=O) groups excluding carboxylic acids is 1. The van der Waals surface area contributed by atoms with Crippen LogP contribution in [0.1, 0.15) is 12.0 Å². The zero-order valence-electron chi connectivity index (χ0n) is 10.8. The van der Waals surface area contributed by atoms with Gasteiger partial charge in [-0.2, -0.15) is 4.31 Å². The molecule has 1 aliphatic rings. The molecule has 8 heteroatoms. The topological polar surface area (TPSA) is 92.5 Å². The van der Waals surface area contributed by atoms with Gasteiger partial charge in [-0.15, -0.1) is 0 Å². The molecule has 3 N–H and O–H groups in total. The molecule has 0 unspecified atom stereocenters. The van der Waals surface area contributed by atoms with Crippen molar-refractivity contribution in [3.05, 3.63) is 28.8 Å². The third-order valence-electron chi connectivity index (χ3n) is 3.11. The minimum atomic E-state index is -3.72. The van der Waals surface area contributed by atoms with Gasteiger partial charge in [-0.25, -0.2) is 8.42 Å². The summed E-state index contributed by atoms with van der Waals surface area (Å²) < 4.78 is 26.2. The Morgan fingerprint density at radius 3 is 2.80 bits per heavy atom. The molecule has 1 saturated heterocycles. The van der Waals surface area contributed by atoms with Crippen molar-refractivity contribution in [2.45, 2.75) is 17.9 Å². The van der Waals surface area contributed by atoms with Gasteiger partial charge < -0.3 is 11.1 Å². The molecule has 6 nitrogen and oxygen atoms in total. The average Bonchev–Trinajstić information content (AvgIpc) is 2.63. The fourth-order valence-corrected chi connectivity index (χ4v) is 3.77. The summed E-state index contributed by atoms with van der Waals surface area (Å²) in [5.41, 5.74) is 6.17. The van der Waals surface area contributed by atoms with Crippen molar-refractivity contribution in [1.29, 1.82) is 0 Å². The molecule has 0 atom stereocenters. The molecule has 0 bridgehead atoms. The summed E-state index contributed by atoms with van der Waals surface area (Å²) in [5.74, 6) is -0.296. The molecule has 0 saturated carbocycles. The molecule has 1 aromatic rings. The second kappa shape index (κ2) is 6.09. The molecule has 1 heterocycles. The molecule has 1 amide bonds. The molecular weight excluding hydrogens is 302 g/mol. The van der Waals surface area contributed by atoms with E-state index in [4.69, 9.17) is 17.3 Å². The van der Waals surface area contributed by atoms with Crippen molar-refractivity contribution in [3.63, 3.8) is 0 Å². The third kappa shape index (κ3) is 3.12. The minimum Gasteiger partial charge on any atom is -0.355 e. The Morgan fingerprint density at radius 1 is 1.40 bits per heavy atom. The maximum atomic E-state index is 12.5. The molecule has 0 radical (unpaired) electrons. The van der Waals surface area contributed by atoms with E-state index in [0.29, 0.717) is 30.1 Å². The lowest BCUT2D eigenvalue weighted by Crippen LogP contribution is -2.37. The van der Waals surface area contributed by atoms with E-state index in [1.807, 2.05) is 0 Å². The lowest BCUT2D eigenvalue weighted by Gasteiger charge is -2.19. The second-order valence-corrected chi connectivity index (χ2v) is 6.84. The Morgan fingerprint density at radius 2 is 2.15 bits per heavy atom. The van der Waals surface area contributed by atoms with Crippen molar-refractivity contribution in [2.24, 2.45) is 5.73 Å². The Kier molecular flexibility index (Phi) is 4.64. The van der Waals surface area contributed by atoms with Gasteiger partial charge in [0.2, 0.25) is 15.9 Å². The van der Waals surface area contributed by atoms with Crippen LogP contribution in [0.2, 0.25) is 5.02 Å². The van der Waals surface area contributed by atoms with E-state index < -0.39 is 10.0 Å². The number of amides is 1. The average molecular weight is 318 g/mol. The molecular formula is C12H16ClN3O3S. The highest BCUT2D eigenvalue weighted by Crippen LogP contribution is 2.23. The summed E-state index contributed by atoms with van der Waals surface area (Å²) in [5, 5.41) is 2.95. The Hall–Kier alpha value is -1.15. The van der Waals surface area contributed by atoms with Crippen molar-refractivity contribution in [3.8, 4) is 0 Å². The summed E-state index contributed by atoms with van der Waals surface area (Å²) in [4.78, 5) is 11.6. The maximum Gasteiger partial charge on any atom is 0.243 e. The molecule has 0 aromatic heterocycles. The zero-order chi connectivity index (χ0) is 14.8. The number of hydrogen-bond donors (Lipinski definition) is 2. The van der Waals surface area contributed by atoms with E-state index in [1.54, 1.807) is 6.07 Å². The first-order chi connectivity index (χ1) is 9.45. The second-order valence-electron chi connectivity index (χ2n) is 4.50. The fraction of sp³-hybridized carbons (Fsp3) is 0.417. The van der Waals surface area contributed by atoms with E-state index in [9.17, 15) is 13.2 Å². The van der Waals surface area contributed by atoms with E-state index in [0.717, 1.165) is 0 Å². The van der Waals surface area contributed by atoms with Crippen molar-refractivity contribution < 1.29 is 13.2 Å². The smallest absolute Gasteiger partial charge is 0.243 e. The summed E-state index contributed by atoms with van der Waals surface area (Å²) in [7, 11) is -3.72. The Balaban J connectivity index is 2.34. The van der Waals surface area contributed by atoms with Gasteiger partial charge in [0.15, 0.2) is 0 Å². The van der Waals surface area contributed by atoms with Gasteiger partial charge in [-0.3, -0.25) is 4.79 Å². The molecule has 110 valence electrons. The number of halogens is 1. The predicted molar refractivity (Wildman–Crippen MR) is 75.7 cm³/mol. The molecule has 0 aliphatic carbocycles. The largest absolute Gasteiger partial charge is 0.355 e. The maximum absolute atomic E-state index is 12.5. The molecule has 0 spiro atoms. The van der Waals surface area contributed by atoms with Crippen LogP contribution in [0, 0.1) is 0 Å². The van der Waals surface area contributed by atoms with E-state index >= 15 is 0 Å². The first-order valence-corrected chi connectivity index (χ1v) is 8.02. The zero-order valence-corrected chi connectivity index (χ0v) is 12.4. The lowest BCUT2D eigenvalue weighted by molar-refractivity contribution is -0.120. The first-order valence-electron chi connectivity index (χ1n) is 6.20. The number of nitrogens with one attached hydrogen (secondary N) is 1. The van der Waals surface area contributed by atoms with Gasteiger partial charge in [0.05, 0.1) is 11.4 Å². The highest BCUT2D eigenvalue weighted by molar-refractivity contribution is 7.89. The first kappa shape index (κ1) is 15.2. The van der Waals surface area contributed by atoms with E-state index in [1.165, 1.54) is 16.4 Å².